The van der Waals surface area contributed by atoms with Gasteiger partial charge >= 0.3 is 0 Å². The minimum Gasteiger partial charge on any atom is -0.379 e. The Morgan fingerprint density at radius 2 is 2.00 bits per heavy atom. The number of rotatable bonds is 0. The maximum Gasteiger partial charge on any atom is 0.198 e. The van der Waals surface area contributed by atoms with Gasteiger partial charge in [0.1, 0.15) is 0 Å². The van der Waals surface area contributed by atoms with Gasteiger partial charge in [-0.2, -0.15) is 5.26 Å². The fourth-order valence-corrected chi connectivity index (χ4v) is 3.87. The van der Waals surface area contributed by atoms with Gasteiger partial charge in [-0.25, -0.2) is 8.42 Å². The number of nitriles is 1. The molecule has 0 spiro atoms. The highest BCUT2D eigenvalue weighted by molar-refractivity contribution is 7.92. The number of anilines is 1. The van der Waals surface area contributed by atoms with Gasteiger partial charge in [0.15, 0.2) is 15.1 Å². The fraction of sp³-hybridized carbons (Fsp3) is 0.417. The number of aryl methyl sites for hydroxylation is 1. The maximum absolute atomic E-state index is 12.2. The molecular weight excluding hydrogens is 236 g/mol. The van der Waals surface area contributed by atoms with Crippen LogP contribution >= 0.6 is 0 Å². The van der Waals surface area contributed by atoms with Crippen molar-refractivity contribution in [1.29, 1.82) is 5.26 Å². The third-order valence-electron chi connectivity index (χ3n) is 3.29. The summed E-state index contributed by atoms with van der Waals surface area (Å²) in [5, 5.41) is 11.1. The summed E-state index contributed by atoms with van der Waals surface area (Å²) in [7, 11) is -3.54. The lowest BCUT2D eigenvalue weighted by molar-refractivity contribution is 0.577. The molecule has 0 radical (unpaired) electrons. The van der Waals surface area contributed by atoms with E-state index in [1.165, 1.54) is 0 Å². The Bertz CT molecular complexity index is 614. The molecule has 1 aliphatic heterocycles. The summed E-state index contributed by atoms with van der Waals surface area (Å²) < 4.78 is 24.5. The Labute approximate surface area is 101 Å². The van der Waals surface area contributed by atoms with E-state index in [0.717, 1.165) is 11.1 Å². The number of nitrogens with zero attached hydrogens (tertiary/aromatic N) is 1. The Balaban J connectivity index is 2.76. The summed E-state index contributed by atoms with van der Waals surface area (Å²) in [5.74, 6) is 0. The summed E-state index contributed by atoms with van der Waals surface area (Å²) >= 11 is 0. The van der Waals surface area contributed by atoms with Crippen molar-refractivity contribution < 1.29 is 8.42 Å². The van der Waals surface area contributed by atoms with Crippen molar-refractivity contribution >= 4 is 15.5 Å². The number of nitrogens with one attached hydrogen (secondary N) is 1. The standard InChI is InChI=1S/C12H14N2O2S/c1-7-4-5-10-12(8(7)2)14-9(3)11(6-13)17(10,15)16/h4-5,9,11,14H,1-3H3. The van der Waals surface area contributed by atoms with E-state index in [2.05, 4.69) is 5.32 Å². The molecule has 0 aliphatic carbocycles. The van der Waals surface area contributed by atoms with Crippen LogP contribution in [0.1, 0.15) is 18.1 Å². The molecule has 2 unspecified atom stereocenters. The molecule has 4 nitrogen and oxygen atoms in total. The van der Waals surface area contributed by atoms with Crippen LogP contribution in [0.25, 0.3) is 0 Å². The number of fused-ring (bicyclic) bond motifs is 1. The first-order chi connectivity index (χ1) is 7.89. The Hall–Kier alpha value is -1.54. The largest absolute Gasteiger partial charge is 0.379 e. The van der Waals surface area contributed by atoms with E-state index in [9.17, 15) is 8.42 Å². The van der Waals surface area contributed by atoms with Crippen LogP contribution in [0.5, 0.6) is 0 Å². The van der Waals surface area contributed by atoms with Gasteiger partial charge in [0, 0.05) is 0 Å². The highest BCUT2D eigenvalue weighted by atomic mass is 32.2. The van der Waals surface area contributed by atoms with Crippen LogP contribution in [0, 0.1) is 25.2 Å². The molecule has 1 heterocycles. The van der Waals surface area contributed by atoms with Crippen LogP contribution in [0.3, 0.4) is 0 Å². The van der Waals surface area contributed by atoms with E-state index >= 15 is 0 Å². The molecule has 1 aromatic carbocycles. The second-order valence-corrected chi connectivity index (χ2v) is 6.45. The normalized spacial score (nSPS) is 25.5. The summed E-state index contributed by atoms with van der Waals surface area (Å²) in [4.78, 5) is 0.241. The molecular formula is C12H14N2O2S. The molecule has 17 heavy (non-hydrogen) atoms. The van der Waals surface area contributed by atoms with Crippen LogP contribution < -0.4 is 5.32 Å². The molecule has 0 bridgehead atoms. The first kappa shape index (κ1) is 11.9. The maximum atomic E-state index is 12.2. The molecule has 0 fully saturated rings. The first-order valence-electron chi connectivity index (χ1n) is 5.40. The van der Waals surface area contributed by atoms with Crippen LogP contribution in [-0.2, 0) is 9.84 Å². The van der Waals surface area contributed by atoms with Gasteiger partial charge in [-0.15, -0.1) is 0 Å². The second kappa shape index (κ2) is 3.74. The molecule has 0 aromatic heterocycles. The van der Waals surface area contributed by atoms with E-state index in [4.69, 9.17) is 5.26 Å². The van der Waals surface area contributed by atoms with E-state index in [1.54, 1.807) is 19.1 Å². The predicted octanol–water partition coefficient (Wildman–Crippen LogP) is 1.78. The number of hydrogen-bond donors (Lipinski definition) is 1. The minimum absolute atomic E-state index is 0.241. The van der Waals surface area contributed by atoms with Crippen LogP contribution in [0.15, 0.2) is 17.0 Å². The van der Waals surface area contributed by atoms with Crippen molar-refractivity contribution in [2.75, 3.05) is 5.32 Å². The van der Waals surface area contributed by atoms with Gasteiger partial charge < -0.3 is 5.32 Å². The number of benzene rings is 1. The number of sulfone groups is 1. The van der Waals surface area contributed by atoms with Gasteiger partial charge in [0.2, 0.25) is 0 Å². The average molecular weight is 250 g/mol. The third-order valence-corrected chi connectivity index (χ3v) is 5.43. The Morgan fingerprint density at radius 1 is 1.35 bits per heavy atom. The summed E-state index contributed by atoms with van der Waals surface area (Å²) in [6, 6.07) is 4.83. The Kier molecular flexibility index (Phi) is 2.63. The summed E-state index contributed by atoms with van der Waals surface area (Å²) in [6.45, 7) is 5.54. The van der Waals surface area contributed by atoms with E-state index in [-0.39, 0.29) is 4.90 Å². The van der Waals surface area contributed by atoms with Crippen molar-refractivity contribution in [2.45, 2.75) is 37.0 Å². The van der Waals surface area contributed by atoms with Gasteiger partial charge in [-0.1, -0.05) is 6.07 Å². The van der Waals surface area contributed by atoms with Crippen molar-refractivity contribution in [3.63, 3.8) is 0 Å². The summed E-state index contributed by atoms with van der Waals surface area (Å²) in [6.07, 6.45) is 0. The smallest absolute Gasteiger partial charge is 0.198 e. The highest BCUT2D eigenvalue weighted by Gasteiger charge is 2.39. The van der Waals surface area contributed by atoms with Crippen molar-refractivity contribution in [3.8, 4) is 6.07 Å². The van der Waals surface area contributed by atoms with Crippen molar-refractivity contribution in [3.05, 3.63) is 23.3 Å². The van der Waals surface area contributed by atoms with Gasteiger partial charge in [-0.05, 0) is 38.0 Å². The van der Waals surface area contributed by atoms with E-state index < -0.39 is 21.1 Å². The van der Waals surface area contributed by atoms with E-state index in [0.29, 0.717) is 5.69 Å². The lowest BCUT2D eigenvalue weighted by Gasteiger charge is -2.29. The molecule has 2 rings (SSSR count). The topological polar surface area (TPSA) is 70.0 Å². The Morgan fingerprint density at radius 3 is 2.59 bits per heavy atom. The zero-order valence-corrected chi connectivity index (χ0v) is 10.8. The molecule has 0 saturated heterocycles. The average Bonchev–Trinajstić information content (AvgIpc) is 2.24. The van der Waals surface area contributed by atoms with Gasteiger partial charge in [-0.3, -0.25) is 0 Å². The molecule has 1 aliphatic rings. The quantitative estimate of drug-likeness (QED) is 0.762. The van der Waals surface area contributed by atoms with Crippen LogP contribution in [0.4, 0.5) is 5.69 Å². The second-order valence-electron chi connectivity index (χ2n) is 4.41. The molecule has 1 aromatic rings. The SMILES string of the molecule is Cc1ccc2c(c1C)NC(C)C(C#N)S2(=O)=O. The zero-order chi connectivity index (χ0) is 12.8. The molecule has 5 heteroatoms. The third kappa shape index (κ3) is 1.60. The van der Waals surface area contributed by atoms with Crippen LogP contribution in [-0.4, -0.2) is 19.7 Å². The lowest BCUT2D eigenvalue weighted by Crippen LogP contribution is -2.41. The number of hydrogen-bond acceptors (Lipinski definition) is 4. The monoisotopic (exact) mass is 250 g/mol. The molecule has 90 valence electrons. The summed E-state index contributed by atoms with van der Waals surface area (Å²) in [5.41, 5.74) is 2.60. The van der Waals surface area contributed by atoms with Gasteiger partial charge in [0.05, 0.1) is 22.7 Å². The van der Waals surface area contributed by atoms with Crippen molar-refractivity contribution in [1.82, 2.24) is 0 Å². The minimum atomic E-state index is -3.54. The first-order valence-corrected chi connectivity index (χ1v) is 6.94. The van der Waals surface area contributed by atoms with Crippen LogP contribution in [0.2, 0.25) is 0 Å². The molecule has 0 saturated carbocycles. The van der Waals surface area contributed by atoms with Crippen molar-refractivity contribution in [2.24, 2.45) is 0 Å². The highest BCUT2D eigenvalue weighted by Crippen LogP contribution is 2.35. The molecule has 0 amide bonds. The van der Waals surface area contributed by atoms with E-state index in [1.807, 2.05) is 19.9 Å². The molecule has 2 atom stereocenters. The fourth-order valence-electron chi connectivity index (χ4n) is 2.10. The predicted molar refractivity (Wildman–Crippen MR) is 65.6 cm³/mol. The zero-order valence-electron chi connectivity index (χ0n) is 9.98. The molecule has 1 N–H and O–H groups in total. The lowest BCUT2D eigenvalue weighted by atomic mass is 10.1. The van der Waals surface area contributed by atoms with Gasteiger partial charge in [0.25, 0.3) is 0 Å².